The molecule has 0 bridgehead atoms. The first-order valence-electron chi connectivity index (χ1n) is 5.17. The lowest BCUT2D eigenvalue weighted by Gasteiger charge is -2.07. The van der Waals surface area contributed by atoms with Crippen LogP contribution in [-0.4, -0.2) is 20.6 Å². The SMILES string of the molecule is O=C(O)CCc1nccn1-c1cccc(Br)c1. The molecule has 0 amide bonds. The van der Waals surface area contributed by atoms with Gasteiger partial charge in [0.1, 0.15) is 5.82 Å². The van der Waals surface area contributed by atoms with E-state index in [1.165, 1.54) is 0 Å². The molecule has 2 aromatic rings. The Hall–Kier alpha value is -1.62. The minimum absolute atomic E-state index is 0.0883. The first-order valence-corrected chi connectivity index (χ1v) is 5.96. The molecule has 4 nitrogen and oxygen atoms in total. The summed E-state index contributed by atoms with van der Waals surface area (Å²) in [5, 5.41) is 8.67. The zero-order valence-electron chi connectivity index (χ0n) is 9.01. The molecule has 0 unspecified atom stereocenters. The molecule has 0 aliphatic heterocycles. The second kappa shape index (κ2) is 5.14. The highest BCUT2D eigenvalue weighted by Gasteiger charge is 2.07. The molecule has 1 aromatic carbocycles. The molecule has 1 N–H and O–H groups in total. The smallest absolute Gasteiger partial charge is 0.303 e. The molecule has 0 spiro atoms. The Kier molecular flexibility index (Phi) is 3.58. The highest BCUT2D eigenvalue weighted by molar-refractivity contribution is 9.10. The number of halogens is 1. The van der Waals surface area contributed by atoms with Gasteiger partial charge in [-0.25, -0.2) is 4.98 Å². The zero-order valence-corrected chi connectivity index (χ0v) is 10.6. The lowest BCUT2D eigenvalue weighted by molar-refractivity contribution is -0.137. The van der Waals surface area contributed by atoms with E-state index < -0.39 is 5.97 Å². The van der Waals surface area contributed by atoms with Crippen molar-refractivity contribution >= 4 is 21.9 Å². The Morgan fingerprint density at radius 1 is 1.47 bits per heavy atom. The fourth-order valence-electron chi connectivity index (χ4n) is 1.60. The maximum atomic E-state index is 10.6. The summed E-state index contributed by atoms with van der Waals surface area (Å²) in [5.74, 6) is -0.0562. The molecule has 17 heavy (non-hydrogen) atoms. The highest BCUT2D eigenvalue weighted by Crippen LogP contribution is 2.17. The van der Waals surface area contributed by atoms with Gasteiger partial charge in [-0.3, -0.25) is 4.79 Å². The number of nitrogens with zero attached hydrogens (tertiary/aromatic N) is 2. The Morgan fingerprint density at radius 3 is 3.00 bits per heavy atom. The zero-order chi connectivity index (χ0) is 12.3. The van der Waals surface area contributed by atoms with Crippen LogP contribution in [0.15, 0.2) is 41.1 Å². The summed E-state index contributed by atoms with van der Waals surface area (Å²) in [6.45, 7) is 0. The van der Waals surface area contributed by atoms with Crippen LogP contribution in [0.2, 0.25) is 0 Å². The molecular formula is C12H11BrN2O2. The Bertz CT molecular complexity index is 537. The third-order valence-electron chi connectivity index (χ3n) is 2.37. The minimum Gasteiger partial charge on any atom is -0.481 e. The summed E-state index contributed by atoms with van der Waals surface area (Å²) in [6.07, 6.45) is 4.02. The number of aliphatic carboxylic acids is 1. The number of rotatable bonds is 4. The van der Waals surface area contributed by atoms with E-state index in [-0.39, 0.29) is 6.42 Å². The van der Waals surface area contributed by atoms with Crippen LogP contribution in [0.5, 0.6) is 0 Å². The number of benzene rings is 1. The van der Waals surface area contributed by atoms with Crippen molar-refractivity contribution in [3.05, 3.63) is 47.0 Å². The van der Waals surface area contributed by atoms with Crippen molar-refractivity contribution < 1.29 is 9.90 Å². The van der Waals surface area contributed by atoms with E-state index in [0.717, 1.165) is 16.0 Å². The lowest BCUT2D eigenvalue weighted by Crippen LogP contribution is -2.04. The summed E-state index contributed by atoms with van der Waals surface area (Å²) in [7, 11) is 0. The van der Waals surface area contributed by atoms with E-state index in [2.05, 4.69) is 20.9 Å². The lowest BCUT2D eigenvalue weighted by atomic mass is 10.2. The van der Waals surface area contributed by atoms with Crippen molar-refractivity contribution in [1.82, 2.24) is 9.55 Å². The van der Waals surface area contributed by atoms with E-state index in [4.69, 9.17) is 5.11 Å². The average Bonchev–Trinajstić information content (AvgIpc) is 2.74. The topological polar surface area (TPSA) is 55.1 Å². The third kappa shape index (κ3) is 2.94. The average molecular weight is 295 g/mol. The number of carbonyl (C=O) groups is 1. The van der Waals surface area contributed by atoms with Gasteiger partial charge < -0.3 is 9.67 Å². The van der Waals surface area contributed by atoms with E-state index in [1.54, 1.807) is 6.20 Å². The molecule has 0 saturated heterocycles. The summed E-state index contributed by atoms with van der Waals surface area (Å²) < 4.78 is 2.88. The van der Waals surface area contributed by atoms with Crippen LogP contribution in [-0.2, 0) is 11.2 Å². The number of carboxylic acid groups (broad SMARTS) is 1. The Balaban J connectivity index is 2.27. The molecule has 2 rings (SSSR count). The molecule has 0 aliphatic rings. The van der Waals surface area contributed by atoms with Gasteiger partial charge in [0, 0.05) is 29.0 Å². The fourth-order valence-corrected chi connectivity index (χ4v) is 1.99. The number of hydrogen-bond donors (Lipinski definition) is 1. The molecule has 0 atom stereocenters. The van der Waals surface area contributed by atoms with Crippen molar-refractivity contribution in [3.8, 4) is 5.69 Å². The maximum absolute atomic E-state index is 10.6. The molecular weight excluding hydrogens is 284 g/mol. The summed E-state index contributed by atoms with van der Waals surface area (Å²) >= 11 is 3.41. The van der Waals surface area contributed by atoms with Crippen molar-refractivity contribution in [2.45, 2.75) is 12.8 Å². The summed E-state index contributed by atoms with van der Waals surface area (Å²) in [5.41, 5.74) is 0.970. The van der Waals surface area contributed by atoms with E-state index in [9.17, 15) is 4.79 Å². The molecule has 1 aromatic heterocycles. The second-order valence-electron chi connectivity index (χ2n) is 3.59. The van der Waals surface area contributed by atoms with Gasteiger partial charge in [-0.1, -0.05) is 22.0 Å². The van der Waals surface area contributed by atoms with Crippen LogP contribution in [0.4, 0.5) is 0 Å². The number of carboxylic acids is 1. The van der Waals surface area contributed by atoms with E-state index in [1.807, 2.05) is 35.0 Å². The third-order valence-corrected chi connectivity index (χ3v) is 2.86. The van der Waals surface area contributed by atoms with Crippen molar-refractivity contribution in [3.63, 3.8) is 0 Å². The predicted octanol–water partition coefficient (Wildman–Crippen LogP) is 2.65. The molecule has 1 heterocycles. The Labute approximate surface area is 107 Å². The van der Waals surface area contributed by atoms with Crippen LogP contribution in [0.1, 0.15) is 12.2 Å². The van der Waals surface area contributed by atoms with Gasteiger partial charge in [0.15, 0.2) is 0 Å². The van der Waals surface area contributed by atoms with Crippen LogP contribution in [0.25, 0.3) is 5.69 Å². The summed E-state index contributed by atoms with van der Waals surface area (Å²) in [4.78, 5) is 14.7. The van der Waals surface area contributed by atoms with Crippen molar-refractivity contribution in [1.29, 1.82) is 0 Å². The molecule has 0 fully saturated rings. The van der Waals surface area contributed by atoms with Crippen molar-refractivity contribution in [2.24, 2.45) is 0 Å². The maximum Gasteiger partial charge on any atom is 0.303 e. The number of aryl methyl sites for hydroxylation is 1. The van der Waals surface area contributed by atoms with E-state index in [0.29, 0.717) is 6.42 Å². The minimum atomic E-state index is -0.811. The van der Waals surface area contributed by atoms with E-state index >= 15 is 0 Å². The molecule has 88 valence electrons. The first kappa shape index (κ1) is 11.9. The van der Waals surface area contributed by atoms with Gasteiger partial charge in [0.25, 0.3) is 0 Å². The largest absolute Gasteiger partial charge is 0.481 e. The van der Waals surface area contributed by atoms with Gasteiger partial charge in [-0.05, 0) is 18.2 Å². The molecule has 0 radical (unpaired) electrons. The molecule has 0 saturated carbocycles. The van der Waals surface area contributed by atoms with Gasteiger partial charge in [0.2, 0.25) is 0 Å². The van der Waals surface area contributed by atoms with Gasteiger partial charge in [-0.2, -0.15) is 0 Å². The second-order valence-corrected chi connectivity index (χ2v) is 4.50. The normalized spacial score (nSPS) is 10.4. The van der Waals surface area contributed by atoms with Gasteiger partial charge >= 0.3 is 5.97 Å². The van der Waals surface area contributed by atoms with Crippen LogP contribution in [0, 0.1) is 0 Å². The van der Waals surface area contributed by atoms with Gasteiger partial charge in [0.05, 0.1) is 6.42 Å². The number of hydrogen-bond acceptors (Lipinski definition) is 2. The van der Waals surface area contributed by atoms with Gasteiger partial charge in [-0.15, -0.1) is 0 Å². The van der Waals surface area contributed by atoms with Crippen LogP contribution < -0.4 is 0 Å². The Morgan fingerprint density at radius 2 is 2.29 bits per heavy atom. The summed E-state index contributed by atoms with van der Waals surface area (Å²) in [6, 6.07) is 7.79. The van der Waals surface area contributed by atoms with Crippen LogP contribution >= 0.6 is 15.9 Å². The first-order chi connectivity index (χ1) is 8.16. The monoisotopic (exact) mass is 294 g/mol. The van der Waals surface area contributed by atoms with Crippen LogP contribution in [0.3, 0.4) is 0 Å². The quantitative estimate of drug-likeness (QED) is 0.943. The molecule has 0 aliphatic carbocycles. The standard InChI is InChI=1S/C12H11BrN2O2/c13-9-2-1-3-10(8-9)15-7-6-14-11(15)4-5-12(16)17/h1-3,6-8H,4-5H2,(H,16,17). The highest BCUT2D eigenvalue weighted by atomic mass is 79.9. The van der Waals surface area contributed by atoms with Crippen molar-refractivity contribution in [2.75, 3.05) is 0 Å². The fraction of sp³-hybridized carbons (Fsp3) is 0.167. The molecule has 5 heteroatoms. The number of aromatic nitrogens is 2. The number of imidazole rings is 1. The predicted molar refractivity (Wildman–Crippen MR) is 67.2 cm³/mol.